The average Bonchev–Trinajstić information content (AvgIpc) is 3.25. The summed E-state index contributed by atoms with van der Waals surface area (Å²) in [6, 6.07) is -0.0968. The number of nitrogens with zero attached hydrogens (tertiary/aromatic N) is 2. The van der Waals surface area contributed by atoms with E-state index in [2.05, 4.69) is 5.32 Å². The first-order chi connectivity index (χ1) is 11.1. The Bertz CT molecular complexity index is 535. The molecular formula is C17H25N3O3. The SMILES string of the molecule is O=C1CN(CC(=O)N2CCC[C@@H]2C[C@H]2C[C@H]3CC[C@H]2C3)C(=O)N1. The number of carbonyl (C=O) groups excluding carboxylic acids is 3. The van der Waals surface area contributed by atoms with Crippen LogP contribution in [0.15, 0.2) is 0 Å². The molecule has 0 radical (unpaired) electrons. The Morgan fingerprint density at radius 2 is 2.04 bits per heavy atom. The molecule has 4 rings (SSSR count). The normalized spacial score (nSPS) is 36.2. The number of hydrogen-bond donors (Lipinski definition) is 1. The Kier molecular flexibility index (Phi) is 3.77. The molecule has 0 aromatic carbocycles. The van der Waals surface area contributed by atoms with Gasteiger partial charge >= 0.3 is 6.03 Å². The zero-order valence-corrected chi connectivity index (χ0v) is 13.5. The molecule has 0 spiro atoms. The van der Waals surface area contributed by atoms with Crippen molar-refractivity contribution in [1.29, 1.82) is 0 Å². The van der Waals surface area contributed by atoms with Gasteiger partial charge in [0.1, 0.15) is 13.1 Å². The summed E-state index contributed by atoms with van der Waals surface area (Å²) >= 11 is 0. The lowest BCUT2D eigenvalue weighted by Gasteiger charge is -2.31. The van der Waals surface area contributed by atoms with E-state index in [4.69, 9.17) is 0 Å². The van der Waals surface area contributed by atoms with E-state index in [0.717, 1.165) is 43.6 Å². The number of likely N-dealkylation sites (tertiary alicyclic amines) is 1. The standard InChI is InChI=1S/C17H25N3O3/c21-15-9-19(17(23)18-15)10-16(22)20-5-1-2-14(20)8-13-7-11-3-4-12(13)6-11/h11-14H,1-10H2,(H,18,21,23)/t11-,12-,13+,14+/m0/s1. The van der Waals surface area contributed by atoms with Gasteiger partial charge in [0.15, 0.2) is 0 Å². The fourth-order valence-electron chi connectivity index (χ4n) is 5.29. The fourth-order valence-corrected chi connectivity index (χ4v) is 5.29. The maximum Gasteiger partial charge on any atom is 0.325 e. The van der Waals surface area contributed by atoms with Crippen LogP contribution in [0.2, 0.25) is 0 Å². The van der Waals surface area contributed by atoms with Gasteiger partial charge in [-0.05, 0) is 56.3 Å². The highest BCUT2D eigenvalue weighted by Crippen LogP contribution is 2.50. The zero-order chi connectivity index (χ0) is 16.0. The molecule has 2 bridgehead atoms. The third-order valence-corrected chi connectivity index (χ3v) is 6.35. The minimum Gasteiger partial charge on any atom is -0.338 e. The predicted octanol–water partition coefficient (Wildman–Crippen LogP) is 1.36. The second-order valence-electron chi connectivity index (χ2n) is 7.76. The molecule has 2 saturated carbocycles. The van der Waals surface area contributed by atoms with Crippen molar-refractivity contribution in [1.82, 2.24) is 15.1 Å². The second-order valence-corrected chi connectivity index (χ2v) is 7.76. The van der Waals surface area contributed by atoms with Gasteiger partial charge in [0.25, 0.3) is 0 Å². The monoisotopic (exact) mass is 319 g/mol. The molecule has 4 aliphatic rings. The van der Waals surface area contributed by atoms with E-state index in [1.165, 1.54) is 30.6 Å². The van der Waals surface area contributed by atoms with Gasteiger partial charge in [-0.1, -0.05) is 6.42 Å². The lowest BCUT2D eigenvalue weighted by molar-refractivity contribution is -0.132. The molecule has 23 heavy (non-hydrogen) atoms. The van der Waals surface area contributed by atoms with Crippen molar-refractivity contribution in [3.63, 3.8) is 0 Å². The van der Waals surface area contributed by atoms with Gasteiger partial charge in [-0.15, -0.1) is 0 Å². The zero-order valence-electron chi connectivity index (χ0n) is 13.5. The van der Waals surface area contributed by atoms with Crippen molar-refractivity contribution in [2.24, 2.45) is 17.8 Å². The molecule has 2 aliphatic carbocycles. The fraction of sp³-hybridized carbons (Fsp3) is 0.824. The Morgan fingerprint density at radius 1 is 1.17 bits per heavy atom. The van der Waals surface area contributed by atoms with E-state index in [1.807, 2.05) is 4.90 Å². The summed E-state index contributed by atoms with van der Waals surface area (Å²) in [5.41, 5.74) is 0. The maximum absolute atomic E-state index is 12.6. The summed E-state index contributed by atoms with van der Waals surface area (Å²) in [7, 11) is 0. The Balaban J connectivity index is 1.34. The third-order valence-electron chi connectivity index (χ3n) is 6.35. The average molecular weight is 319 g/mol. The van der Waals surface area contributed by atoms with Crippen molar-refractivity contribution >= 4 is 17.8 Å². The first-order valence-corrected chi connectivity index (χ1v) is 8.98. The van der Waals surface area contributed by atoms with E-state index < -0.39 is 6.03 Å². The smallest absolute Gasteiger partial charge is 0.325 e. The van der Waals surface area contributed by atoms with Gasteiger partial charge in [-0.25, -0.2) is 4.79 Å². The van der Waals surface area contributed by atoms with E-state index in [1.54, 1.807) is 0 Å². The molecule has 2 heterocycles. The highest BCUT2D eigenvalue weighted by atomic mass is 16.2. The van der Waals surface area contributed by atoms with Gasteiger partial charge in [0, 0.05) is 12.6 Å². The number of urea groups is 1. The largest absolute Gasteiger partial charge is 0.338 e. The molecule has 6 nitrogen and oxygen atoms in total. The van der Waals surface area contributed by atoms with E-state index >= 15 is 0 Å². The van der Waals surface area contributed by atoms with Crippen LogP contribution in [0.4, 0.5) is 4.79 Å². The van der Waals surface area contributed by atoms with Crippen molar-refractivity contribution < 1.29 is 14.4 Å². The summed E-state index contributed by atoms with van der Waals surface area (Å²) in [4.78, 5) is 38.7. The molecule has 0 unspecified atom stereocenters. The van der Waals surface area contributed by atoms with Crippen molar-refractivity contribution in [2.45, 2.75) is 51.0 Å². The molecule has 6 heteroatoms. The minimum atomic E-state index is -0.438. The third kappa shape index (κ3) is 2.83. The van der Waals surface area contributed by atoms with Crippen LogP contribution in [0.5, 0.6) is 0 Å². The lowest BCUT2D eigenvalue weighted by atomic mass is 9.83. The number of fused-ring (bicyclic) bond motifs is 2. The van der Waals surface area contributed by atoms with Crippen molar-refractivity contribution in [3.05, 3.63) is 0 Å². The van der Waals surface area contributed by atoms with Gasteiger partial charge in [0.05, 0.1) is 0 Å². The van der Waals surface area contributed by atoms with Crippen LogP contribution in [0.25, 0.3) is 0 Å². The summed E-state index contributed by atoms with van der Waals surface area (Å²) in [6.45, 7) is 0.841. The number of amides is 4. The Hall–Kier alpha value is -1.59. The Labute approximate surface area is 136 Å². The number of imide groups is 1. The first kappa shape index (κ1) is 15.0. The predicted molar refractivity (Wildman–Crippen MR) is 83.4 cm³/mol. The second kappa shape index (κ2) is 5.80. The van der Waals surface area contributed by atoms with Crippen LogP contribution in [0.3, 0.4) is 0 Å². The molecule has 2 saturated heterocycles. The summed E-state index contributed by atoms with van der Waals surface area (Å²) < 4.78 is 0. The van der Waals surface area contributed by atoms with Crippen LogP contribution in [-0.4, -0.2) is 53.3 Å². The molecule has 126 valence electrons. The molecule has 4 fully saturated rings. The molecule has 2 aliphatic heterocycles. The highest BCUT2D eigenvalue weighted by molar-refractivity contribution is 6.03. The first-order valence-electron chi connectivity index (χ1n) is 8.98. The molecular weight excluding hydrogens is 294 g/mol. The van der Waals surface area contributed by atoms with Crippen molar-refractivity contribution in [2.75, 3.05) is 19.6 Å². The summed E-state index contributed by atoms with van der Waals surface area (Å²) in [5, 5.41) is 2.23. The van der Waals surface area contributed by atoms with Crippen LogP contribution in [-0.2, 0) is 9.59 Å². The molecule has 4 atom stereocenters. The van der Waals surface area contributed by atoms with Crippen LogP contribution < -0.4 is 5.32 Å². The van der Waals surface area contributed by atoms with Gasteiger partial charge < -0.3 is 9.80 Å². The number of carbonyl (C=O) groups is 3. The number of hydrogen-bond acceptors (Lipinski definition) is 3. The van der Waals surface area contributed by atoms with Gasteiger partial charge in [0.2, 0.25) is 11.8 Å². The molecule has 4 amide bonds. The molecule has 0 aromatic rings. The van der Waals surface area contributed by atoms with Crippen LogP contribution >= 0.6 is 0 Å². The lowest BCUT2D eigenvalue weighted by Crippen LogP contribution is -2.44. The van der Waals surface area contributed by atoms with Crippen LogP contribution in [0.1, 0.15) is 44.9 Å². The maximum atomic E-state index is 12.6. The van der Waals surface area contributed by atoms with Crippen molar-refractivity contribution in [3.8, 4) is 0 Å². The summed E-state index contributed by atoms with van der Waals surface area (Å²) in [6.07, 6.45) is 8.83. The van der Waals surface area contributed by atoms with E-state index in [0.29, 0.717) is 6.04 Å². The minimum absolute atomic E-state index is 0.000469. The number of rotatable bonds is 4. The molecule has 0 aromatic heterocycles. The topological polar surface area (TPSA) is 69.7 Å². The molecule has 1 N–H and O–H groups in total. The van der Waals surface area contributed by atoms with E-state index in [-0.39, 0.29) is 24.9 Å². The highest BCUT2D eigenvalue weighted by Gasteiger charge is 2.42. The quantitative estimate of drug-likeness (QED) is 0.795. The van der Waals surface area contributed by atoms with E-state index in [9.17, 15) is 14.4 Å². The van der Waals surface area contributed by atoms with Gasteiger partial charge in [-0.2, -0.15) is 0 Å². The number of nitrogens with one attached hydrogen (secondary N) is 1. The summed E-state index contributed by atoms with van der Waals surface area (Å²) in [5.74, 6) is 2.31. The van der Waals surface area contributed by atoms with Gasteiger partial charge in [-0.3, -0.25) is 14.9 Å². The van der Waals surface area contributed by atoms with Crippen LogP contribution in [0, 0.1) is 17.8 Å². The Morgan fingerprint density at radius 3 is 2.70 bits per heavy atom.